The van der Waals surface area contributed by atoms with Crippen LogP contribution in [0.2, 0.25) is 0 Å². The van der Waals surface area contributed by atoms with Gasteiger partial charge in [-0.1, -0.05) is 38.1 Å². The molecule has 1 heterocycles. The van der Waals surface area contributed by atoms with E-state index in [1.54, 1.807) is 0 Å². The van der Waals surface area contributed by atoms with Gasteiger partial charge in [0.05, 0.1) is 0 Å². The summed E-state index contributed by atoms with van der Waals surface area (Å²) in [6.45, 7) is 8.24. The van der Waals surface area contributed by atoms with Crippen molar-refractivity contribution in [2.24, 2.45) is 0 Å². The molecule has 1 aliphatic rings. The molecule has 0 spiro atoms. The Morgan fingerprint density at radius 1 is 1.15 bits per heavy atom. The monoisotopic (exact) mass is 278 g/mol. The van der Waals surface area contributed by atoms with Crippen LogP contribution in [0, 0.1) is 0 Å². The van der Waals surface area contributed by atoms with Crippen LogP contribution in [-0.2, 0) is 9.47 Å². The SMILES string of the molecule is CCOC1(C(O)c2ccc(C(C)C)cc2)CCOCC1. The highest BCUT2D eigenvalue weighted by atomic mass is 16.5. The van der Waals surface area contributed by atoms with E-state index in [9.17, 15) is 5.11 Å². The van der Waals surface area contributed by atoms with E-state index >= 15 is 0 Å². The Kier molecular flexibility index (Phi) is 5.19. The van der Waals surface area contributed by atoms with Crippen LogP contribution in [0.4, 0.5) is 0 Å². The van der Waals surface area contributed by atoms with E-state index in [-0.39, 0.29) is 0 Å². The fraction of sp³-hybridized carbons (Fsp3) is 0.647. The van der Waals surface area contributed by atoms with Crippen LogP contribution in [0.3, 0.4) is 0 Å². The first kappa shape index (κ1) is 15.5. The second kappa shape index (κ2) is 6.70. The summed E-state index contributed by atoms with van der Waals surface area (Å²) in [7, 11) is 0. The summed E-state index contributed by atoms with van der Waals surface area (Å²) in [6.07, 6.45) is 0.898. The first-order chi connectivity index (χ1) is 9.59. The van der Waals surface area contributed by atoms with Crippen molar-refractivity contribution in [1.29, 1.82) is 0 Å². The first-order valence-corrected chi connectivity index (χ1v) is 7.58. The Morgan fingerprint density at radius 3 is 2.20 bits per heavy atom. The van der Waals surface area contributed by atoms with Gasteiger partial charge in [0.2, 0.25) is 0 Å². The van der Waals surface area contributed by atoms with E-state index in [0.29, 0.717) is 25.7 Å². The van der Waals surface area contributed by atoms with Crippen LogP contribution in [0.1, 0.15) is 56.8 Å². The van der Waals surface area contributed by atoms with Crippen molar-refractivity contribution < 1.29 is 14.6 Å². The van der Waals surface area contributed by atoms with Crippen molar-refractivity contribution >= 4 is 0 Å². The molecule has 3 nitrogen and oxygen atoms in total. The molecule has 0 amide bonds. The quantitative estimate of drug-likeness (QED) is 0.897. The molecule has 0 aliphatic carbocycles. The molecule has 0 saturated carbocycles. The van der Waals surface area contributed by atoms with Crippen LogP contribution < -0.4 is 0 Å². The molecule has 112 valence electrons. The van der Waals surface area contributed by atoms with Gasteiger partial charge in [0.1, 0.15) is 11.7 Å². The van der Waals surface area contributed by atoms with E-state index in [1.165, 1.54) is 5.56 Å². The van der Waals surface area contributed by atoms with E-state index in [0.717, 1.165) is 18.4 Å². The highest BCUT2D eigenvalue weighted by molar-refractivity contribution is 5.27. The maximum atomic E-state index is 10.8. The Morgan fingerprint density at radius 2 is 1.70 bits per heavy atom. The Labute approximate surface area is 121 Å². The largest absolute Gasteiger partial charge is 0.385 e. The third-order valence-corrected chi connectivity index (χ3v) is 4.19. The van der Waals surface area contributed by atoms with Gasteiger partial charge >= 0.3 is 0 Å². The molecule has 1 aromatic rings. The molecule has 1 atom stereocenters. The molecule has 1 unspecified atom stereocenters. The predicted molar refractivity (Wildman–Crippen MR) is 79.9 cm³/mol. The van der Waals surface area contributed by atoms with Crippen molar-refractivity contribution in [3.63, 3.8) is 0 Å². The highest BCUT2D eigenvalue weighted by Crippen LogP contribution is 2.38. The van der Waals surface area contributed by atoms with E-state index < -0.39 is 11.7 Å². The number of hydrogen-bond acceptors (Lipinski definition) is 3. The van der Waals surface area contributed by atoms with Crippen molar-refractivity contribution in [2.45, 2.75) is 51.2 Å². The molecule has 0 radical (unpaired) electrons. The smallest absolute Gasteiger partial charge is 0.108 e. The van der Waals surface area contributed by atoms with E-state index in [2.05, 4.69) is 26.0 Å². The van der Waals surface area contributed by atoms with Gasteiger partial charge in [-0.15, -0.1) is 0 Å². The zero-order valence-electron chi connectivity index (χ0n) is 12.8. The number of benzene rings is 1. The van der Waals surface area contributed by atoms with Gasteiger partial charge in [0.25, 0.3) is 0 Å². The lowest BCUT2D eigenvalue weighted by Crippen LogP contribution is -2.44. The zero-order chi connectivity index (χ0) is 14.6. The summed E-state index contributed by atoms with van der Waals surface area (Å²) in [5.41, 5.74) is 1.73. The fourth-order valence-electron chi connectivity index (χ4n) is 2.87. The van der Waals surface area contributed by atoms with Gasteiger partial charge in [-0.25, -0.2) is 0 Å². The number of ether oxygens (including phenoxy) is 2. The molecule has 1 aromatic carbocycles. The van der Waals surface area contributed by atoms with Crippen molar-refractivity contribution in [3.05, 3.63) is 35.4 Å². The normalized spacial score (nSPS) is 20.1. The maximum absolute atomic E-state index is 10.8. The van der Waals surface area contributed by atoms with Crippen molar-refractivity contribution in [2.75, 3.05) is 19.8 Å². The number of aliphatic hydroxyl groups is 1. The van der Waals surface area contributed by atoms with Crippen molar-refractivity contribution in [3.8, 4) is 0 Å². The van der Waals surface area contributed by atoms with Crippen molar-refractivity contribution in [1.82, 2.24) is 0 Å². The molecule has 20 heavy (non-hydrogen) atoms. The summed E-state index contributed by atoms with van der Waals surface area (Å²) in [6, 6.07) is 8.25. The third kappa shape index (κ3) is 3.22. The molecule has 1 aliphatic heterocycles. The number of rotatable bonds is 5. The second-order valence-electron chi connectivity index (χ2n) is 5.83. The van der Waals surface area contributed by atoms with Gasteiger partial charge in [0.15, 0.2) is 0 Å². The van der Waals surface area contributed by atoms with Crippen LogP contribution in [0.25, 0.3) is 0 Å². The standard InChI is InChI=1S/C17H26O3/c1-4-20-17(9-11-19-12-10-17)16(18)15-7-5-14(6-8-15)13(2)3/h5-8,13,16,18H,4,9-12H2,1-3H3. The molecule has 3 heteroatoms. The Hall–Kier alpha value is -0.900. The minimum absolute atomic E-state index is 0.494. The third-order valence-electron chi connectivity index (χ3n) is 4.19. The number of hydrogen-bond donors (Lipinski definition) is 1. The Balaban J connectivity index is 2.20. The lowest BCUT2D eigenvalue weighted by molar-refractivity contribution is -0.168. The van der Waals surface area contributed by atoms with Gasteiger partial charge in [0, 0.05) is 32.7 Å². The second-order valence-corrected chi connectivity index (χ2v) is 5.83. The molecule has 2 rings (SSSR count). The highest BCUT2D eigenvalue weighted by Gasteiger charge is 2.41. The average Bonchev–Trinajstić information content (AvgIpc) is 2.48. The molecular weight excluding hydrogens is 252 g/mol. The van der Waals surface area contributed by atoms with Crippen LogP contribution >= 0.6 is 0 Å². The Bertz CT molecular complexity index is 399. The molecule has 0 aromatic heterocycles. The summed E-state index contributed by atoms with van der Waals surface area (Å²) in [5.74, 6) is 0.505. The molecule has 1 N–H and O–H groups in total. The minimum atomic E-state index is -0.590. The molecule has 1 saturated heterocycles. The lowest BCUT2D eigenvalue weighted by atomic mass is 9.83. The average molecular weight is 278 g/mol. The van der Waals surface area contributed by atoms with Gasteiger partial charge in [-0.2, -0.15) is 0 Å². The molecular formula is C17H26O3. The van der Waals surface area contributed by atoms with Gasteiger partial charge in [-0.3, -0.25) is 0 Å². The molecule has 0 bridgehead atoms. The zero-order valence-corrected chi connectivity index (χ0v) is 12.8. The van der Waals surface area contributed by atoms with Gasteiger partial charge < -0.3 is 14.6 Å². The topological polar surface area (TPSA) is 38.7 Å². The summed E-state index contributed by atoms with van der Waals surface area (Å²) in [5, 5.41) is 10.8. The van der Waals surface area contributed by atoms with Crippen LogP contribution in [0.15, 0.2) is 24.3 Å². The maximum Gasteiger partial charge on any atom is 0.108 e. The summed E-state index contributed by atoms with van der Waals surface area (Å²) < 4.78 is 11.4. The van der Waals surface area contributed by atoms with Gasteiger partial charge in [-0.05, 0) is 24.0 Å². The predicted octanol–water partition coefficient (Wildman–Crippen LogP) is 3.43. The molecule has 1 fully saturated rings. The van der Waals surface area contributed by atoms with Crippen LogP contribution in [-0.4, -0.2) is 30.5 Å². The fourth-order valence-corrected chi connectivity index (χ4v) is 2.87. The lowest BCUT2D eigenvalue weighted by Gasteiger charge is -2.40. The summed E-state index contributed by atoms with van der Waals surface area (Å²) in [4.78, 5) is 0. The van der Waals surface area contributed by atoms with Crippen LogP contribution in [0.5, 0.6) is 0 Å². The van der Waals surface area contributed by atoms with E-state index in [1.807, 2.05) is 19.1 Å². The minimum Gasteiger partial charge on any atom is -0.385 e. The number of aliphatic hydroxyl groups excluding tert-OH is 1. The summed E-state index contributed by atoms with van der Waals surface area (Å²) >= 11 is 0. The van der Waals surface area contributed by atoms with E-state index in [4.69, 9.17) is 9.47 Å². The first-order valence-electron chi connectivity index (χ1n) is 7.58.